The molecule has 7 heteroatoms. The summed E-state index contributed by atoms with van der Waals surface area (Å²) in [5, 5.41) is 4.80. The number of hydrogen-bond acceptors (Lipinski definition) is 4. The SMILES string of the molecule is O=C(CN(C(=O)c1cc2c(s1)CCC2)c1ccc(F)cc1)NCc1cccs1. The van der Waals surface area contributed by atoms with E-state index in [-0.39, 0.29) is 24.2 Å². The van der Waals surface area contributed by atoms with Crippen LogP contribution in [-0.4, -0.2) is 18.4 Å². The summed E-state index contributed by atoms with van der Waals surface area (Å²) in [5.41, 5.74) is 1.74. The van der Waals surface area contributed by atoms with Crippen molar-refractivity contribution in [2.45, 2.75) is 25.8 Å². The Hall–Kier alpha value is -2.51. The van der Waals surface area contributed by atoms with Crippen LogP contribution in [0.25, 0.3) is 0 Å². The number of anilines is 1. The fraction of sp³-hybridized carbons (Fsp3) is 0.238. The second-order valence-electron chi connectivity index (χ2n) is 6.64. The molecule has 0 fully saturated rings. The van der Waals surface area contributed by atoms with Gasteiger partial charge in [0.1, 0.15) is 12.4 Å². The zero-order chi connectivity index (χ0) is 19.5. The Balaban J connectivity index is 1.53. The Bertz CT molecular complexity index is 959. The summed E-state index contributed by atoms with van der Waals surface area (Å²) < 4.78 is 13.3. The third-order valence-electron chi connectivity index (χ3n) is 4.68. The van der Waals surface area contributed by atoms with Crippen LogP contribution in [-0.2, 0) is 24.2 Å². The molecule has 0 aliphatic heterocycles. The standard InChI is InChI=1S/C21H19FN2O2S2/c22-15-6-8-16(9-7-15)24(13-20(25)23-12-17-4-2-10-27-17)21(26)19-11-14-3-1-5-18(14)28-19/h2,4,6-11H,1,3,5,12-13H2,(H,23,25). The summed E-state index contributed by atoms with van der Waals surface area (Å²) in [5.74, 6) is -0.860. The van der Waals surface area contributed by atoms with Gasteiger partial charge < -0.3 is 5.32 Å². The number of hydrogen-bond donors (Lipinski definition) is 1. The molecular formula is C21H19FN2O2S2. The van der Waals surface area contributed by atoms with E-state index in [4.69, 9.17) is 0 Å². The maximum absolute atomic E-state index is 13.3. The number of rotatable bonds is 6. The Morgan fingerprint density at radius 3 is 2.68 bits per heavy atom. The zero-order valence-electron chi connectivity index (χ0n) is 15.1. The molecule has 0 radical (unpaired) electrons. The third kappa shape index (κ3) is 4.15. The van der Waals surface area contributed by atoms with Crippen molar-refractivity contribution in [3.05, 3.63) is 73.9 Å². The minimum atomic E-state index is -0.381. The first-order valence-corrected chi connectivity index (χ1v) is 10.8. The zero-order valence-corrected chi connectivity index (χ0v) is 16.7. The normalized spacial score (nSPS) is 12.6. The molecule has 2 amide bonds. The molecule has 144 valence electrons. The van der Waals surface area contributed by atoms with Gasteiger partial charge in [0.25, 0.3) is 5.91 Å². The van der Waals surface area contributed by atoms with E-state index in [0.717, 1.165) is 24.1 Å². The van der Waals surface area contributed by atoms with E-state index < -0.39 is 0 Å². The molecule has 1 N–H and O–H groups in total. The van der Waals surface area contributed by atoms with E-state index in [0.29, 0.717) is 17.1 Å². The molecule has 0 saturated heterocycles. The number of amides is 2. The predicted octanol–water partition coefficient (Wildman–Crippen LogP) is 4.40. The molecule has 1 aliphatic rings. The van der Waals surface area contributed by atoms with Gasteiger partial charge in [-0.1, -0.05) is 6.07 Å². The molecular weight excluding hydrogens is 395 g/mol. The monoisotopic (exact) mass is 414 g/mol. The van der Waals surface area contributed by atoms with Crippen LogP contribution >= 0.6 is 22.7 Å². The number of fused-ring (bicyclic) bond motifs is 1. The largest absolute Gasteiger partial charge is 0.350 e. The second-order valence-corrected chi connectivity index (χ2v) is 8.81. The summed E-state index contributed by atoms with van der Waals surface area (Å²) >= 11 is 3.06. The summed E-state index contributed by atoms with van der Waals surface area (Å²) in [6.45, 7) is 0.313. The van der Waals surface area contributed by atoms with Crippen molar-refractivity contribution in [3.63, 3.8) is 0 Å². The van der Waals surface area contributed by atoms with E-state index in [1.54, 1.807) is 11.3 Å². The van der Waals surface area contributed by atoms with Crippen LogP contribution in [0.2, 0.25) is 0 Å². The van der Waals surface area contributed by atoms with E-state index in [2.05, 4.69) is 5.32 Å². The van der Waals surface area contributed by atoms with Gasteiger partial charge in [0.2, 0.25) is 5.91 Å². The Labute approximate surface area is 170 Å². The van der Waals surface area contributed by atoms with Gasteiger partial charge in [0.05, 0.1) is 11.4 Å². The van der Waals surface area contributed by atoms with E-state index in [1.807, 2.05) is 23.6 Å². The van der Waals surface area contributed by atoms with Crippen LogP contribution in [0.1, 0.15) is 31.4 Å². The molecule has 2 heterocycles. The van der Waals surface area contributed by atoms with Crippen LogP contribution in [0.3, 0.4) is 0 Å². The van der Waals surface area contributed by atoms with Gasteiger partial charge in [0, 0.05) is 15.4 Å². The minimum Gasteiger partial charge on any atom is -0.350 e. The highest BCUT2D eigenvalue weighted by Crippen LogP contribution is 2.32. The molecule has 1 aromatic carbocycles. The van der Waals surface area contributed by atoms with Gasteiger partial charge in [-0.2, -0.15) is 0 Å². The lowest BCUT2D eigenvalue weighted by Crippen LogP contribution is -2.40. The highest BCUT2D eigenvalue weighted by atomic mass is 32.1. The number of benzene rings is 1. The van der Waals surface area contributed by atoms with E-state index in [1.165, 1.54) is 50.9 Å². The quantitative estimate of drug-likeness (QED) is 0.650. The van der Waals surface area contributed by atoms with Crippen LogP contribution in [0.5, 0.6) is 0 Å². The summed E-state index contributed by atoms with van der Waals surface area (Å²) in [7, 11) is 0. The van der Waals surface area contributed by atoms with Gasteiger partial charge in [-0.25, -0.2) is 4.39 Å². The van der Waals surface area contributed by atoms with Gasteiger partial charge >= 0.3 is 0 Å². The van der Waals surface area contributed by atoms with Crippen molar-refractivity contribution in [1.82, 2.24) is 5.32 Å². The van der Waals surface area contributed by atoms with Gasteiger partial charge in [-0.15, -0.1) is 22.7 Å². The lowest BCUT2D eigenvalue weighted by Gasteiger charge is -2.22. The lowest BCUT2D eigenvalue weighted by molar-refractivity contribution is -0.119. The van der Waals surface area contributed by atoms with Gasteiger partial charge in [-0.3, -0.25) is 14.5 Å². The number of aryl methyl sites for hydroxylation is 2. The average Bonchev–Trinajstić information content (AvgIpc) is 3.42. The Kier molecular flexibility index (Phi) is 5.54. The number of carbonyl (C=O) groups excluding carboxylic acids is 2. The van der Waals surface area contributed by atoms with Crippen LogP contribution in [0, 0.1) is 5.82 Å². The van der Waals surface area contributed by atoms with Crippen molar-refractivity contribution in [2.24, 2.45) is 0 Å². The van der Waals surface area contributed by atoms with E-state index in [9.17, 15) is 14.0 Å². The van der Waals surface area contributed by atoms with Crippen molar-refractivity contribution in [1.29, 1.82) is 0 Å². The van der Waals surface area contributed by atoms with Crippen molar-refractivity contribution < 1.29 is 14.0 Å². The molecule has 0 spiro atoms. The molecule has 0 atom stereocenters. The summed E-state index contributed by atoms with van der Waals surface area (Å²) in [6.07, 6.45) is 3.13. The first kappa shape index (κ1) is 18.8. The summed E-state index contributed by atoms with van der Waals surface area (Å²) in [4.78, 5) is 30.0. The highest BCUT2D eigenvalue weighted by molar-refractivity contribution is 7.14. The van der Waals surface area contributed by atoms with Crippen LogP contribution < -0.4 is 10.2 Å². The van der Waals surface area contributed by atoms with Crippen molar-refractivity contribution >= 4 is 40.2 Å². The van der Waals surface area contributed by atoms with Crippen molar-refractivity contribution in [3.8, 4) is 0 Å². The van der Waals surface area contributed by atoms with Crippen LogP contribution in [0.15, 0.2) is 47.8 Å². The Morgan fingerprint density at radius 1 is 1.14 bits per heavy atom. The molecule has 4 nitrogen and oxygen atoms in total. The third-order valence-corrected chi connectivity index (χ3v) is 6.78. The topological polar surface area (TPSA) is 49.4 Å². The number of halogens is 1. The number of thiophene rings is 2. The molecule has 0 saturated carbocycles. The number of nitrogens with one attached hydrogen (secondary N) is 1. The first-order chi connectivity index (χ1) is 13.6. The highest BCUT2D eigenvalue weighted by Gasteiger charge is 2.25. The van der Waals surface area contributed by atoms with Gasteiger partial charge in [0.15, 0.2) is 0 Å². The maximum atomic E-state index is 13.3. The number of carbonyl (C=O) groups is 2. The maximum Gasteiger partial charge on any atom is 0.268 e. The molecule has 0 unspecified atom stereocenters. The molecule has 2 aromatic heterocycles. The fourth-order valence-corrected chi connectivity index (χ4v) is 5.11. The van der Waals surface area contributed by atoms with Crippen molar-refractivity contribution in [2.75, 3.05) is 11.4 Å². The fourth-order valence-electron chi connectivity index (χ4n) is 3.27. The first-order valence-electron chi connectivity index (χ1n) is 9.08. The molecule has 1 aliphatic carbocycles. The number of nitrogens with zero attached hydrogens (tertiary/aromatic N) is 1. The van der Waals surface area contributed by atoms with E-state index >= 15 is 0 Å². The molecule has 4 rings (SSSR count). The summed E-state index contributed by atoms with van der Waals surface area (Å²) in [6, 6.07) is 11.5. The lowest BCUT2D eigenvalue weighted by atomic mass is 10.2. The smallest absolute Gasteiger partial charge is 0.268 e. The second kappa shape index (κ2) is 8.24. The van der Waals surface area contributed by atoms with Crippen LogP contribution in [0.4, 0.5) is 10.1 Å². The predicted molar refractivity (Wildman–Crippen MR) is 111 cm³/mol. The molecule has 28 heavy (non-hydrogen) atoms. The molecule has 3 aromatic rings. The average molecular weight is 415 g/mol. The van der Waals surface area contributed by atoms with Gasteiger partial charge in [-0.05, 0) is 66.6 Å². The Morgan fingerprint density at radius 2 is 1.96 bits per heavy atom. The molecule has 0 bridgehead atoms. The minimum absolute atomic E-state index is 0.113.